The fourth-order valence-corrected chi connectivity index (χ4v) is 3.63. The van der Waals surface area contributed by atoms with Crippen LogP contribution in [-0.2, 0) is 4.79 Å². The number of aryl methyl sites for hydroxylation is 1. The molecule has 2 aromatic rings. The van der Waals surface area contributed by atoms with Crippen molar-refractivity contribution in [2.45, 2.75) is 6.92 Å². The molecule has 1 aliphatic heterocycles. The van der Waals surface area contributed by atoms with E-state index < -0.39 is 0 Å². The monoisotopic (exact) mass is 341 g/mol. The number of hydrogen-bond donors (Lipinski definition) is 0. The highest BCUT2D eigenvalue weighted by molar-refractivity contribution is 8.27. The van der Waals surface area contributed by atoms with Crippen LogP contribution in [0.1, 0.15) is 11.1 Å². The van der Waals surface area contributed by atoms with Gasteiger partial charge in [-0.15, -0.1) is 0 Å². The summed E-state index contributed by atoms with van der Waals surface area (Å²) in [4.78, 5) is 15.0. The van der Waals surface area contributed by atoms with E-state index in [1.165, 1.54) is 11.8 Å². The summed E-state index contributed by atoms with van der Waals surface area (Å²) in [5, 5.41) is 0. The topological polar surface area (TPSA) is 29.5 Å². The molecule has 0 unspecified atom stereocenters. The molecular weight excluding hydrogens is 326 g/mol. The van der Waals surface area contributed by atoms with Crippen molar-refractivity contribution >= 4 is 46.0 Å². The summed E-state index contributed by atoms with van der Waals surface area (Å²) in [6, 6.07) is 15.3. The van der Waals surface area contributed by atoms with E-state index in [1.54, 1.807) is 12.0 Å². The van der Waals surface area contributed by atoms with Gasteiger partial charge in [-0.25, -0.2) is 0 Å². The van der Waals surface area contributed by atoms with Gasteiger partial charge in [-0.2, -0.15) is 0 Å². The van der Waals surface area contributed by atoms with E-state index in [0.29, 0.717) is 9.23 Å². The Hall–Kier alpha value is -2.11. The molecule has 0 aromatic heterocycles. The zero-order chi connectivity index (χ0) is 16.4. The number of para-hydroxylation sites is 1. The molecule has 0 saturated carbocycles. The molecule has 1 aliphatic rings. The minimum absolute atomic E-state index is 0.0786. The molecule has 116 valence electrons. The van der Waals surface area contributed by atoms with E-state index in [0.717, 1.165) is 22.6 Å². The lowest BCUT2D eigenvalue weighted by Gasteiger charge is -2.16. The zero-order valence-corrected chi connectivity index (χ0v) is 14.4. The summed E-state index contributed by atoms with van der Waals surface area (Å²) in [5.41, 5.74) is 2.80. The lowest BCUT2D eigenvalue weighted by atomic mass is 10.1. The number of methoxy groups -OCH3 is 1. The summed E-state index contributed by atoms with van der Waals surface area (Å²) < 4.78 is 5.70. The molecule has 0 radical (unpaired) electrons. The summed E-state index contributed by atoms with van der Waals surface area (Å²) in [5.74, 6) is 0.708. The van der Waals surface area contributed by atoms with E-state index in [4.69, 9.17) is 17.0 Å². The lowest BCUT2D eigenvalue weighted by Crippen LogP contribution is -2.28. The maximum absolute atomic E-state index is 12.7. The van der Waals surface area contributed by atoms with Gasteiger partial charge in [0.05, 0.1) is 17.7 Å². The van der Waals surface area contributed by atoms with Crippen molar-refractivity contribution in [3.8, 4) is 5.75 Å². The Morgan fingerprint density at radius 3 is 2.48 bits per heavy atom. The number of carbonyl (C=O) groups is 1. The smallest absolute Gasteiger partial charge is 0.270 e. The minimum Gasteiger partial charge on any atom is -0.497 e. The van der Waals surface area contributed by atoms with Crippen LogP contribution in [0.25, 0.3) is 6.08 Å². The third-order valence-electron chi connectivity index (χ3n) is 3.56. The highest BCUT2D eigenvalue weighted by Gasteiger charge is 2.33. The van der Waals surface area contributed by atoms with Gasteiger partial charge in [0.2, 0.25) is 0 Å². The van der Waals surface area contributed by atoms with Crippen molar-refractivity contribution in [3.63, 3.8) is 0 Å². The number of carbonyl (C=O) groups excluding carboxylic acids is 1. The summed E-state index contributed by atoms with van der Waals surface area (Å²) in [6.45, 7) is 1.97. The molecule has 1 saturated heterocycles. The van der Waals surface area contributed by atoms with Crippen molar-refractivity contribution in [1.29, 1.82) is 0 Å². The average molecular weight is 341 g/mol. The zero-order valence-electron chi connectivity index (χ0n) is 12.8. The average Bonchev–Trinajstić information content (AvgIpc) is 2.83. The van der Waals surface area contributed by atoms with Crippen LogP contribution in [0.4, 0.5) is 5.69 Å². The van der Waals surface area contributed by atoms with Crippen LogP contribution in [0.5, 0.6) is 5.75 Å². The first kappa shape index (κ1) is 15.8. The van der Waals surface area contributed by atoms with Crippen molar-refractivity contribution in [1.82, 2.24) is 0 Å². The molecule has 1 fully saturated rings. The van der Waals surface area contributed by atoms with Crippen molar-refractivity contribution in [2.24, 2.45) is 0 Å². The number of rotatable bonds is 3. The molecule has 0 atom stereocenters. The van der Waals surface area contributed by atoms with Gasteiger partial charge in [0.1, 0.15) is 5.75 Å². The van der Waals surface area contributed by atoms with Crippen molar-refractivity contribution in [2.75, 3.05) is 12.0 Å². The number of nitrogens with zero attached hydrogens (tertiary/aromatic N) is 1. The van der Waals surface area contributed by atoms with Gasteiger partial charge in [-0.05, 0) is 42.3 Å². The molecule has 23 heavy (non-hydrogen) atoms. The third kappa shape index (κ3) is 3.16. The van der Waals surface area contributed by atoms with E-state index in [1.807, 2.05) is 61.5 Å². The Kier molecular flexibility index (Phi) is 4.50. The molecule has 0 aliphatic carbocycles. The Morgan fingerprint density at radius 1 is 1.13 bits per heavy atom. The maximum atomic E-state index is 12.7. The van der Waals surface area contributed by atoms with Gasteiger partial charge >= 0.3 is 0 Å². The Morgan fingerprint density at radius 2 is 1.83 bits per heavy atom. The highest BCUT2D eigenvalue weighted by Crippen LogP contribution is 2.37. The molecule has 1 heterocycles. The molecular formula is C18H15NO2S2. The second-order valence-electron chi connectivity index (χ2n) is 5.08. The Balaban J connectivity index is 1.91. The molecule has 0 N–H and O–H groups in total. The molecule has 5 heteroatoms. The molecule has 2 aromatic carbocycles. The van der Waals surface area contributed by atoms with Crippen LogP contribution in [0, 0.1) is 6.92 Å². The van der Waals surface area contributed by atoms with E-state index in [9.17, 15) is 4.79 Å². The second kappa shape index (κ2) is 6.56. The van der Waals surface area contributed by atoms with Crippen LogP contribution < -0.4 is 9.64 Å². The number of amides is 1. The molecule has 0 bridgehead atoms. The van der Waals surface area contributed by atoms with Gasteiger partial charge in [0, 0.05) is 0 Å². The van der Waals surface area contributed by atoms with Crippen molar-refractivity contribution < 1.29 is 9.53 Å². The fourth-order valence-electron chi connectivity index (χ4n) is 2.34. The van der Waals surface area contributed by atoms with Crippen molar-refractivity contribution in [3.05, 3.63) is 64.6 Å². The minimum atomic E-state index is -0.0786. The number of thiocarbonyl (C=S) groups is 1. The molecule has 3 nitrogen and oxygen atoms in total. The van der Waals surface area contributed by atoms with Gasteiger partial charge < -0.3 is 4.74 Å². The first-order valence-electron chi connectivity index (χ1n) is 7.08. The summed E-state index contributed by atoms with van der Waals surface area (Å²) in [7, 11) is 1.63. The highest BCUT2D eigenvalue weighted by atomic mass is 32.2. The van der Waals surface area contributed by atoms with Crippen LogP contribution >= 0.6 is 24.0 Å². The predicted molar refractivity (Wildman–Crippen MR) is 99.8 cm³/mol. The van der Waals surface area contributed by atoms with E-state index >= 15 is 0 Å². The van der Waals surface area contributed by atoms with Crippen LogP contribution in [-0.4, -0.2) is 17.3 Å². The largest absolute Gasteiger partial charge is 0.497 e. The molecule has 1 amide bonds. The summed E-state index contributed by atoms with van der Waals surface area (Å²) >= 11 is 6.73. The van der Waals surface area contributed by atoms with E-state index in [2.05, 4.69) is 0 Å². The van der Waals surface area contributed by atoms with Gasteiger partial charge in [-0.3, -0.25) is 9.69 Å². The van der Waals surface area contributed by atoms with Gasteiger partial charge in [-0.1, -0.05) is 54.3 Å². The number of thioether (sulfide) groups is 1. The van der Waals surface area contributed by atoms with Crippen LogP contribution in [0.2, 0.25) is 0 Å². The third-order valence-corrected chi connectivity index (χ3v) is 4.87. The first-order valence-corrected chi connectivity index (χ1v) is 8.30. The second-order valence-corrected chi connectivity index (χ2v) is 6.75. The SMILES string of the molecule is COc1ccc(C=C2SC(=S)N(c3ccccc3C)C2=O)cc1. The molecule has 3 rings (SSSR count). The van der Waals surface area contributed by atoms with E-state index in [-0.39, 0.29) is 5.91 Å². The quantitative estimate of drug-likeness (QED) is 0.611. The Labute approximate surface area is 144 Å². The standard InChI is InChI=1S/C18H15NO2S2/c1-12-5-3-4-6-15(12)19-17(20)16(23-18(19)22)11-13-7-9-14(21-2)10-8-13/h3-11H,1-2H3. The number of anilines is 1. The predicted octanol–water partition coefficient (Wildman–Crippen LogP) is 4.41. The normalized spacial score (nSPS) is 16.3. The number of hydrogen-bond acceptors (Lipinski definition) is 4. The van der Waals surface area contributed by atoms with Crippen LogP contribution in [0.15, 0.2) is 53.4 Å². The Bertz CT molecular complexity index is 797. The fraction of sp³-hybridized carbons (Fsp3) is 0.111. The lowest BCUT2D eigenvalue weighted by molar-refractivity contribution is -0.113. The van der Waals surface area contributed by atoms with Gasteiger partial charge in [0.15, 0.2) is 4.32 Å². The molecule has 0 spiro atoms. The number of benzene rings is 2. The summed E-state index contributed by atoms with van der Waals surface area (Å²) in [6.07, 6.45) is 1.86. The van der Waals surface area contributed by atoms with Gasteiger partial charge in [0.25, 0.3) is 5.91 Å². The number of ether oxygens (including phenoxy) is 1. The first-order chi connectivity index (χ1) is 11.1. The van der Waals surface area contributed by atoms with Crippen LogP contribution in [0.3, 0.4) is 0 Å². The maximum Gasteiger partial charge on any atom is 0.270 e.